The maximum Gasteiger partial charge on any atom is 0.125 e. The van der Waals surface area contributed by atoms with Crippen LogP contribution in [-0.2, 0) is 6.42 Å². The minimum Gasteiger partial charge on any atom is -0.508 e. The minimum atomic E-state index is -0.992. The smallest absolute Gasteiger partial charge is 0.125 e. The molecule has 5 unspecified atom stereocenters. The third-order valence-electron chi connectivity index (χ3n) is 7.32. The molecule has 31 heavy (non-hydrogen) atoms. The number of halogens is 1. The highest BCUT2D eigenvalue weighted by atomic mass is 19.1. The standard InChI is InChI=1S/C24H32FN5O/c1-3-14-11-16(31)4-5-17(14)18-6-7-19-22(21(18)25)29-30-23(19)24-27-12-20(28-24)15-8-9-26-13(2)10-15/h4-5,8,11-13,18-19,21-23,26,29-31H,3,6-7,9-10H2,1-2H3,(H,27,28)/t13-,18?,19?,21?,22?,23?/m0/s1. The van der Waals surface area contributed by atoms with Gasteiger partial charge in [-0.25, -0.2) is 14.8 Å². The second kappa shape index (κ2) is 8.37. The molecule has 6 atom stereocenters. The summed E-state index contributed by atoms with van der Waals surface area (Å²) in [4.78, 5) is 8.16. The molecule has 3 aliphatic rings. The van der Waals surface area contributed by atoms with E-state index in [1.807, 2.05) is 12.3 Å². The predicted molar refractivity (Wildman–Crippen MR) is 119 cm³/mol. The molecule has 0 bridgehead atoms. The molecule has 0 spiro atoms. The van der Waals surface area contributed by atoms with Gasteiger partial charge < -0.3 is 15.4 Å². The number of H-pyrrole nitrogens is 1. The first-order chi connectivity index (χ1) is 15.0. The van der Waals surface area contributed by atoms with E-state index in [1.165, 1.54) is 5.57 Å². The Hall–Kier alpha value is -2.22. The number of nitrogens with one attached hydrogen (secondary N) is 4. The van der Waals surface area contributed by atoms with E-state index >= 15 is 4.39 Å². The predicted octanol–water partition coefficient (Wildman–Crippen LogP) is 3.49. The van der Waals surface area contributed by atoms with Crippen LogP contribution < -0.4 is 16.2 Å². The van der Waals surface area contributed by atoms with E-state index in [4.69, 9.17) is 0 Å². The third kappa shape index (κ3) is 3.79. The topological polar surface area (TPSA) is 85.0 Å². The number of rotatable bonds is 4. The SMILES string of the molecule is CCc1cc(O)ccc1C1CCC2C(c3ncc(C4=CCN[C@@H](C)C4)[nH]3)NNC2C1F. The molecule has 1 saturated carbocycles. The van der Waals surface area contributed by atoms with Crippen LogP contribution in [0, 0.1) is 5.92 Å². The van der Waals surface area contributed by atoms with Gasteiger partial charge >= 0.3 is 0 Å². The molecule has 0 amide bonds. The van der Waals surface area contributed by atoms with Gasteiger partial charge in [0.05, 0.1) is 24.0 Å². The number of aromatic nitrogens is 2. The maximum absolute atomic E-state index is 15.7. The van der Waals surface area contributed by atoms with E-state index in [2.05, 4.69) is 46.1 Å². The van der Waals surface area contributed by atoms with Gasteiger partial charge in [0, 0.05) is 24.4 Å². The quantitative estimate of drug-likeness (QED) is 0.518. The van der Waals surface area contributed by atoms with Crippen molar-refractivity contribution in [2.75, 3.05) is 6.54 Å². The molecule has 2 aromatic rings. The van der Waals surface area contributed by atoms with Gasteiger partial charge in [0.25, 0.3) is 0 Å². The van der Waals surface area contributed by atoms with Gasteiger partial charge in [0.15, 0.2) is 0 Å². The van der Waals surface area contributed by atoms with Crippen molar-refractivity contribution in [1.29, 1.82) is 0 Å². The zero-order valence-corrected chi connectivity index (χ0v) is 18.2. The molecule has 166 valence electrons. The Morgan fingerprint density at radius 2 is 2.10 bits per heavy atom. The molecule has 7 heteroatoms. The Balaban J connectivity index is 1.33. The largest absolute Gasteiger partial charge is 0.508 e. The number of phenolic OH excluding ortho intramolecular Hbond substituents is 1. The maximum atomic E-state index is 15.7. The summed E-state index contributed by atoms with van der Waals surface area (Å²) in [6, 6.07) is 5.53. The summed E-state index contributed by atoms with van der Waals surface area (Å²) in [5.41, 5.74) is 11.0. The van der Waals surface area contributed by atoms with Crippen molar-refractivity contribution in [2.45, 2.75) is 69.7 Å². The fourth-order valence-corrected chi connectivity index (χ4v) is 5.66. The van der Waals surface area contributed by atoms with Crippen molar-refractivity contribution in [1.82, 2.24) is 26.1 Å². The van der Waals surface area contributed by atoms with E-state index in [0.717, 1.165) is 54.9 Å². The lowest BCUT2D eigenvalue weighted by Gasteiger charge is -2.36. The van der Waals surface area contributed by atoms with Crippen molar-refractivity contribution in [2.24, 2.45) is 5.92 Å². The molecule has 1 aliphatic carbocycles. The van der Waals surface area contributed by atoms with Crippen LogP contribution in [0.1, 0.15) is 67.7 Å². The van der Waals surface area contributed by atoms with Crippen LogP contribution in [0.2, 0.25) is 0 Å². The summed E-state index contributed by atoms with van der Waals surface area (Å²) in [6.07, 6.45) is 6.61. The molecule has 2 aliphatic heterocycles. The van der Waals surface area contributed by atoms with E-state index in [0.29, 0.717) is 6.04 Å². The molecule has 1 aromatic heterocycles. The number of aryl methyl sites for hydroxylation is 1. The molecular weight excluding hydrogens is 393 g/mol. The summed E-state index contributed by atoms with van der Waals surface area (Å²) < 4.78 is 15.7. The zero-order chi connectivity index (χ0) is 21.5. The van der Waals surface area contributed by atoms with E-state index in [-0.39, 0.29) is 29.7 Å². The molecule has 1 aromatic carbocycles. The number of fused-ring (bicyclic) bond motifs is 1. The molecule has 3 heterocycles. The van der Waals surface area contributed by atoms with Crippen LogP contribution in [0.15, 0.2) is 30.5 Å². The number of benzene rings is 1. The molecule has 5 rings (SSSR count). The minimum absolute atomic E-state index is 0.0249. The number of nitrogens with zero attached hydrogens (tertiary/aromatic N) is 1. The Bertz CT molecular complexity index is 973. The highest BCUT2D eigenvalue weighted by molar-refractivity contribution is 5.63. The summed E-state index contributed by atoms with van der Waals surface area (Å²) in [6.45, 7) is 5.12. The Morgan fingerprint density at radius 1 is 1.23 bits per heavy atom. The number of phenols is 1. The first kappa shape index (κ1) is 20.7. The number of aromatic hydroxyl groups is 1. The highest BCUT2D eigenvalue weighted by Gasteiger charge is 2.48. The lowest BCUT2D eigenvalue weighted by Crippen LogP contribution is -2.45. The van der Waals surface area contributed by atoms with E-state index < -0.39 is 6.17 Å². The van der Waals surface area contributed by atoms with Gasteiger partial charge in [-0.15, -0.1) is 0 Å². The van der Waals surface area contributed by atoms with Crippen LogP contribution in [0.25, 0.3) is 5.57 Å². The van der Waals surface area contributed by atoms with E-state index in [1.54, 1.807) is 12.1 Å². The number of hydrogen-bond donors (Lipinski definition) is 5. The first-order valence-electron chi connectivity index (χ1n) is 11.5. The van der Waals surface area contributed by atoms with Crippen LogP contribution in [0.3, 0.4) is 0 Å². The van der Waals surface area contributed by atoms with Crippen molar-refractivity contribution in [3.8, 4) is 5.75 Å². The second-order valence-electron chi connectivity index (χ2n) is 9.25. The zero-order valence-electron chi connectivity index (χ0n) is 18.2. The van der Waals surface area contributed by atoms with Gasteiger partial charge in [-0.05, 0) is 61.4 Å². The monoisotopic (exact) mass is 425 g/mol. The summed E-state index contributed by atoms with van der Waals surface area (Å²) in [7, 11) is 0. The highest BCUT2D eigenvalue weighted by Crippen LogP contribution is 2.45. The second-order valence-corrected chi connectivity index (χ2v) is 9.25. The van der Waals surface area contributed by atoms with Gasteiger partial charge in [-0.1, -0.05) is 19.1 Å². The number of imidazole rings is 1. The van der Waals surface area contributed by atoms with Gasteiger partial charge in [0.2, 0.25) is 0 Å². The number of hydrogen-bond acceptors (Lipinski definition) is 5. The van der Waals surface area contributed by atoms with Crippen LogP contribution in [-0.4, -0.2) is 39.9 Å². The van der Waals surface area contributed by atoms with Crippen molar-refractivity contribution in [3.05, 3.63) is 53.1 Å². The molecular formula is C24H32FN5O. The normalized spacial score (nSPS) is 33.2. The van der Waals surface area contributed by atoms with Crippen molar-refractivity contribution < 1.29 is 9.50 Å². The van der Waals surface area contributed by atoms with Crippen LogP contribution in [0.5, 0.6) is 5.75 Å². The third-order valence-corrected chi connectivity index (χ3v) is 7.32. The fraction of sp³-hybridized carbons (Fsp3) is 0.542. The number of hydrazine groups is 1. The number of aromatic amines is 1. The molecule has 0 radical (unpaired) electrons. The molecule has 2 fully saturated rings. The molecule has 6 nitrogen and oxygen atoms in total. The lowest BCUT2D eigenvalue weighted by molar-refractivity contribution is 0.135. The summed E-state index contributed by atoms with van der Waals surface area (Å²) in [5, 5.41) is 13.2. The van der Waals surface area contributed by atoms with Crippen molar-refractivity contribution >= 4 is 5.57 Å². The Kier molecular flexibility index (Phi) is 5.58. The Morgan fingerprint density at radius 3 is 2.90 bits per heavy atom. The van der Waals surface area contributed by atoms with Crippen LogP contribution in [0.4, 0.5) is 4.39 Å². The Labute approximate surface area is 182 Å². The van der Waals surface area contributed by atoms with Crippen LogP contribution >= 0.6 is 0 Å². The average Bonchev–Trinajstić information content (AvgIpc) is 3.42. The van der Waals surface area contributed by atoms with Gasteiger partial charge in [0.1, 0.15) is 17.7 Å². The van der Waals surface area contributed by atoms with Gasteiger partial charge in [-0.2, -0.15) is 0 Å². The fourth-order valence-electron chi connectivity index (χ4n) is 5.66. The van der Waals surface area contributed by atoms with E-state index in [9.17, 15) is 5.11 Å². The molecule has 1 saturated heterocycles. The average molecular weight is 426 g/mol. The summed E-state index contributed by atoms with van der Waals surface area (Å²) in [5.74, 6) is 1.12. The first-order valence-corrected chi connectivity index (χ1v) is 11.5. The number of alkyl halides is 1. The lowest BCUT2D eigenvalue weighted by atomic mass is 9.71. The van der Waals surface area contributed by atoms with Crippen molar-refractivity contribution in [3.63, 3.8) is 0 Å². The summed E-state index contributed by atoms with van der Waals surface area (Å²) >= 11 is 0. The van der Waals surface area contributed by atoms with Gasteiger partial charge in [-0.3, -0.25) is 5.43 Å². The molecule has 5 N–H and O–H groups in total.